The minimum Gasteiger partial charge on any atom is -0.494 e. The van der Waals surface area contributed by atoms with Gasteiger partial charge >= 0.3 is 0 Å². The summed E-state index contributed by atoms with van der Waals surface area (Å²) in [5, 5.41) is 6.16. The Labute approximate surface area is 94.2 Å². The number of carbonyl (C=O) groups excluding carboxylic acids is 1. The molecular formula is C11H15N3O2. The van der Waals surface area contributed by atoms with Crippen molar-refractivity contribution in [2.24, 2.45) is 0 Å². The van der Waals surface area contributed by atoms with E-state index in [0.29, 0.717) is 11.3 Å². The average molecular weight is 221 g/mol. The van der Waals surface area contributed by atoms with E-state index in [1.807, 2.05) is 0 Å². The molecule has 86 valence electrons. The van der Waals surface area contributed by atoms with Gasteiger partial charge in [-0.2, -0.15) is 0 Å². The summed E-state index contributed by atoms with van der Waals surface area (Å²) in [5.74, 6) is 0.402. The minimum atomic E-state index is -0.104. The standard InChI is InChI=1S/C11H15N3O2/c1-16-10-7-13-5-3-9(10)11(15)14-8-2-4-12-6-8/h3,5,7-8,12H,2,4,6H2,1H3,(H,14,15). The summed E-state index contributed by atoms with van der Waals surface area (Å²) < 4.78 is 5.09. The maximum Gasteiger partial charge on any atom is 0.255 e. The van der Waals surface area contributed by atoms with Gasteiger partial charge in [-0.05, 0) is 19.0 Å². The molecule has 1 atom stereocenters. The first-order valence-electron chi connectivity index (χ1n) is 5.31. The van der Waals surface area contributed by atoms with E-state index in [9.17, 15) is 4.79 Å². The summed E-state index contributed by atoms with van der Waals surface area (Å²) in [6, 6.07) is 1.88. The fourth-order valence-electron chi connectivity index (χ4n) is 1.77. The molecule has 2 heterocycles. The lowest BCUT2D eigenvalue weighted by Crippen LogP contribution is -2.36. The molecule has 1 aromatic rings. The lowest BCUT2D eigenvalue weighted by Gasteiger charge is -2.12. The third-order valence-electron chi connectivity index (χ3n) is 2.64. The summed E-state index contributed by atoms with van der Waals surface area (Å²) in [6.07, 6.45) is 4.10. The van der Waals surface area contributed by atoms with Crippen molar-refractivity contribution in [3.05, 3.63) is 24.0 Å². The minimum absolute atomic E-state index is 0.104. The number of amides is 1. The molecule has 5 nitrogen and oxygen atoms in total. The van der Waals surface area contributed by atoms with Crippen molar-refractivity contribution >= 4 is 5.91 Å². The number of aromatic nitrogens is 1. The highest BCUT2D eigenvalue weighted by atomic mass is 16.5. The number of rotatable bonds is 3. The van der Waals surface area contributed by atoms with Crippen molar-refractivity contribution in [1.29, 1.82) is 0 Å². The maximum absolute atomic E-state index is 11.9. The van der Waals surface area contributed by atoms with E-state index in [1.54, 1.807) is 18.5 Å². The van der Waals surface area contributed by atoms with Crippen LogP contribution in [-0.4, -0.2) is 37.1 Å². The van der Waals surface area contributed by atoms with E-state index in [1.165, 1.54) is 7.11 Å². The zero-order valence-corrected chi connectivity index (χ0v) is 9.19. The quantitative estimate of drug-likeness (QED) is 0.764. The fraction of sp³-hybridized carbons (Fsp3) is 0.455. The van der Waals surface area contributed by atoms with Crippen LogP contribution in [0.2, 0.25) is 0 Å². The van der Waals surface area contributed by atoms with Crippen LogP contribution in [0.3, 0.4) is 0 Å². The Hall–Kier alpha value is -1.62. The Morgan fingerprint density at radius 3 is 3.25 bits per heavy atom. The largest absolute Gasteiger partial charge is 0.494 e. The third kappa shape index (κ3) is 2.30. The Morgan fingerprint density at radius 2 is 2.56 bits per heavy atom. The fourth-order valence-corrected chi connectivity index (χ4v) is 1.77. The average Bonchev–Trinajstić information content (AvgIpc) is 2.81. The molecule has 0 bridgehead atoms. The molecule has 2 rings (SSSR count). The second kappa shape index (κ2) is 4.94. The van der Waals surface area contributed by atoms with Crippen molar-refractivity contribution in [3.63, 3.8) is 0 Å². The van der Waals surface area contributed by atoms with E-state index in [4.69, 9.17) is 4.74 Å². The summed E-state index contributed by atoms with van der Waals surface area (Å²) in [5.41, 5.74) is 0.532. The van der Waals surface area contributed by atoms with Crippen LogP contribution < -0.4 is 15.4 Å². The van der Waals surface area contributed by atoms with Crippen LogP contribution >= 0.6 is 0 Å². The summed E-state index contributed by atoms with van der Waals surface area (Å²) in [6.45, 7) is 1.79. The summed E-state index contributed by atoms with van der Waals surface area (Å²) in [7, 11) is 1.53. The molecule has 0 spiro atoms. The van der Waals surface area contributed by atoms with Crippen LogP contribution in [0.1, 0.15) is 16.8 Å². The van der Waals surface area contributed by atoms with Gasteiger partial charge in [0.2, 0.25) is 0 Å². The number of hydrogen-bond donors (Lipinski definition) is 2. The molecule has 0 aromatic carbocycles. The first-order chi connectivity index (χ1) is 7.81. The monoisotopic (exact) mass is 221 g/mol. The molecule has 0 saturated carbocycles. The van der Waals surface area contributed by atoms with Crippen molar-refractivity contribution in [3.8, 4) is 5.75 Å². The van der Waals surface area contributed by atoms with Crippen molar-refractivity contribution < 1.29 is 9.53 Å². The number of carbonyl (C=O) groups is 1. The van der Waals surface area contributed by atoms with Gasteiger partial charge in [-0.3, -0.25) is 9.78 Å². The number of nitrogens with zero attached hydrogens (tertiary/aromatic N) is 1. The second-order valence-corrected chi connectivity index (χ2v) is 3.74. The van der Waals surface area contributed by atoms with Gasteiger partial charge in [-0.1, -0.05) is 0 Å². The highest BCUT2D eigenvalue weighted by Gasteiger charge is 2.19. The highest BCUT2D eigenvalue weighted by molar-refractivity contribution is 5.96. The van der Waals surface area contributed by atoms with E-state index in [0.717, 1.165) is 19.5 Å². The molecule has 1 aliphatic rings. The highest BCUT2D eigenvalue weighted by Crippen LogP contribution is 2.15. The van der Waals surface area contributed by atoms with E-state index >= 15 is 0 Å². The van der Waals surface area contributed by atoms with Gasteiger partial charge in [0.25, 0.3) is 5.91 Å². The van der Waals surface area contributed by atoms with Crippen LogP contribution in [0.4, 0.5) is 0 Å². The number of methoxy groups -OCH3 is 1. The van der Waals surface area contributed by atoms with E-state index in [-0.39, 0.29) is 11.9 Å². The number of hydrogen-bond acceptors (Lipinski definition) is 4. The molecule has 1 fully saturated rings. The number of ether oxygens (including phenoxy) is 1. The predicted molar refractivity (Wildman–Crippen MR) is 59.5 cm³/mol. The summed E-state index contributed by atoms with van der Waals surface area (Å²) in [4.78, 5) is 15.8. The maximum atomic E-state index is 11.9. The Morgan fingerprint density at radius 1 is 1.69 bits per heavy atom. The lowest BCUT2D eigenvalue weighted by molar-refractivity contribution is 0.0937. The molecule has 5 heteroatoms. The molecule has 1 aromatic heterocycles. The van der Waals surface area contributed by atoms with Crippen molar-refractivity contribution in [2.45, 2.75) is 12.5 Å². The molecule has 1 amide bonds. The molecule has 0 aliphatic carbocycles. The second-order valence-electron chi connectivity index (χ2n) is 3.74. The molecule has 16 heavy (non-hydrogen) atoms. The van der Waals surface area contributed by atoms with Crippen LogP contribution in [0.15, 0.2) is 18.5 Å². The molecular weight excluding hydrogens is 206 g/mol. The first kappa shape index (κ1) is 10.9. The third-order valence-corrected chi connectivity index (χ3v) is 2.64. The Balaban J connectivity index is 2.07. The van der Waals surface area contributed by atoms with Crippen molar-refractivity contribution in [1.82, 2.24) is 15.6 Å². The molecule has 0 radical (unpaired) electrons. The van der Waals surface area contributed by atoms with E-state index in [2.05, 4.69) is 15.6 Å². The number of nitrogens with one attached hydrogen (secondary N) is 2. The van der Waals surface area contributed by atoms with Gasteiger partial charge in [0.15, 0.2) is 0 Å². The van der Waals surface area contributed by atoms with Gasteiger partial charge in [-0.25, -0.2) is 0 Å². The molecule has 2 N–H and O–H groups in total. The first-order valence-corrected chi connectivity index (χ1v) is 5.31. The van der Waals surface area contributed by atoms with Crippen molar-refractivity contribution in [2.75, 3.05) is 20.2 Å². The predicted octanol–water partition coefficient (Wildman–Crippen LogP) is 0.182. The van der Waals surface area contributed by atoms with Gasteiger partial charge in [0, 0.05) is 18.8 Å². The lowest BCUT2D eigenvalue weighted by atomic mass is 10.2. The van der Waals surface area contributed by atoms with Crippen LogP contribution in [-0.2, 0) is 0 Å². The van der Waals surface area contributed by atoms with Crippen LogP contribution in [0.25, 0.3) is 0 Å². The SMILES string of the molecule is COc1cnccc1C(=O)NC1CCNC1. The smallest absolute Gasteiger partial charge is 0.255 e. The van der Waals surface area contributed by atoms with Crippen LogP contribution in [0, 0.1) is 0 Å². The topological polar surface area (TPSA) is 63.2 Å². The zero-order chi connectivity index (χ0) is 11.4. The summed E-state index contributed by atoms with van der Waals surface area (Å²) >= 11 is 0. The van der Waals surface area contributed by atoms with Gasteiger partial charge in [0.05, 0.1) is 18.9 Å². The zero-order valence-electron chi connectivity index (χ0n) is 9.19. The molecule has 1 aliphatic heterocycles. The molecule has 1 unspecified atom stereocenters. The Kier molecular flexibility index (Phi) is 3.36. The van der Waals surface area contributed by atoms with Gasteiger partial charge in [-0.15, -0.1) is 0 Å². The normalized spacial score (nSPS) is 19.4. The Bertz CT molecular complexity index is 375. The van der Waals surface area contributed by atoms with Gasteiger partial charge < -0.3 is 15.4 Å². The van der Waals surface area contributed by atoms with E-state index < -0.39 is 0 Å². The number of pyridine rings is 1. The van der Waals surface area contributed by atoms with Gasteiger partial charge in [0.1, 0.15) is 5.75 Å². The van der Waals surface area contributed by atoms with Crippen LogP contribution in [0.5, 0.6) is 5.75 Å². The molecule has 1 saturated heterocycles.